The van der Waals surface area contributed by atoms with Crippen LogP contribution in [0.15, 0.2) is 12.2 Å². The molecule has 0 fully saturated rings. The topological polar surface area (TPSA) is 26.0 Å². The summed E-state index contributed by atoms with van der Waals surface area (Å²) in [5.74, 6) is 0. The van der Waals surface area contributed by atoms with Crippen molar-refractivity contribution in [2.45, 2.75) is 19.1 Å². The van der Waals surface area contributed by atoms with Crippen molar-refractivity contribution < 1.29 is 0 Å². The Labute approximate surface area is 49.1 Å². The highest BCUT2D eigenvalue weighted by Crippen LogP contribution is 2.00. The summed E-state index contributed by atoms with van der Waals surface area (Å²) < 4.78 is 0. The van der Waals surface area contributed by atoms with Gasteiger partial charge in [0.1, 0.15) is 0 Å². The van der Waals surface area contributed by atoms with Crippen LogP contribution in [0.1, 0.15) is 13.8 Å². The zero-order valence-corrected chi connectivity index (χ0v) is 5.53. The van der Waals surface area contributed by atoms with Gasteiger partial charge in [0.2, 0.25) is 0 Å². The van der Waals surface area contributed by atoms with Crippen LogP contribution in [0, 0.1) is 0 Å². The van der Waals surface area contributed by atoms with Crippen molar-refractivity contribution in [1.82, 2.24) is 0 Å². The van der Waals surface area contributed by atoms with Crippen molar-refractivity contribution in [2.24, 2.45) is 5.14 Å². The van der Waals surface area contributed by atoms with Crippen LogP contribution >= 0.6 is 11.9 Å². The molecule has 0 saturated heterocycles. The van der Waals surface area contributed by atoms with E-state index in [0.717, 1.165) is 0 Å². The van der Waals surface area contributed by atoms with Crippen LogP contribution in [-0.4, -0.2) is 5.25 Å². The van der Waals surface area contributed by atoms with E-state index in [1.807, 2.05) is 13.0 Å². The fourth-order valence-corrected chi connectivity index (χ4v) is 0.564. The van der Waals surface area contributed by atoms with E-state index in [1.165, 1.54) is 11.9 Å². The lowest BCUT2D eigenvalue weighted by molar-refractivity contribution is 1.24. The summed E-state index contributed by atoms with van der Waals surface area (Å²) in [5, 5.41) is 5.69. The van der Waals surface area contributed by atoms with Crippen LogP contribution in [-0.2, 0) is 0 Å². The quantitative estimate of drug-likeness (QED) is 0.439. The van der Waals surface area contributed by atoms with Crippen LogP contribution in [0.4, 0.5) is 0 Å². The summed E-state index contributed by atoms with van der Waals surface area (Å²) in [4.78, 5) is 0. The van der Waals surface area contributed by atoms with Gasteiger partial charge in [0.05, 0.1) is 0 Å². The SMILES string of the molecule is C/C=C\C(C)SN. The molecule has 42 valence electrons. The van der Waals surface area contributed by atoms with Crippen molar-refractivity contribution in [1.29, 1.82) is 0 Å². The molecule has 0 heterocycles. The van der Waals surface area contributed by atoms with Gasteiger partial charge in [-0.2, -0.15) is 0 Å². The third-order valence-electron chi connectivity index (χ3n) is 0.678. The van der Waals surface area contributed by atoms with E-state index in [0.29, 0.717) is 5.25 Å². The molecule has 0 aliphatic rings. The minimum Gasteiger partial charge on any atom is -0.277 e. The number of nitrogens with two attached hydrogens (primary N) is 1. The van der Waals surface area contributed by atoms with Crippen molar-refractivity contribution in [3.05, 3.63) is 12.2 Å². The van der Waals surface area contributed by atoms with Gasteiger partial charge in [0.15, 0.2) is 0 Å². The lowest BCUT2D eigenvalue weighted by Gasteiger charge is -1.95. The second kappa shape index (κ2) is 4.22. The second-order valence-electron chi connectivity index (χ2n) is 1.37. The molecule has 1 atom stereocenters. The Morgan fingerprint density at radius 3 is 2.43 bits per heavy atom. The van der Waals surface area contributed by atoms with Crippen LogP contribution in [0.25, 0.3) is 0 Å². The minimum atomic E-state index is 0.463. The average molecular weight is 117 g/mol. The fraction of sp³-hybridized carbons (Fsp3) is 0.600. The van der Waals surface area contributed by atoms with Crippen molar-refractivity contribution in [2.75, 3.05) is 0 Å². The van der Waals surface area contributed by atoms with Gasteiger partial charge < -0.3 is 0 Å². The first-order chi connectivity index (χ1) is 3.31. The van der Waals surface area contributed by atoms with Gasteiger partial charge in [-0.1, -0.05) is 24.1 Å². The Balaban J connectivity index is 3.16. The molecule has 0 saturated carbocycles. The first kappa shape index (κ1) is 7.05. The van der Waals surface area contributed by atoms with Gasteiger partial charge in [-0.3, -0.25) is 5.14 Å². The smallest absolute Gasteiger partial charge is 0.0342 e. The summed E-state index contributed by atoms with van der Waals surface area (Å²) >= 11 is 1.36. The molecule has 7 heavy (non-hydrogen) atoms. The molecule has 0 aliphatic heterocycles. The molecule has 0 bridgehead atoms. The highest BCUT2D eigenvalue weighted by Gasteiger charge is 1.87. The summed E-state index contributed by atoms with van der Waals surface area (Å²) in [6.07, 6.45) is 4.06. The fourth-order valence-electron chi connectivity index (χ4n) is 0.316. The molecule has 1 nitrogen and oxygen atoms in total. The first-order valence-electron chi connectivity index (χ1n) is 2.29. The Kier molecular flexibility index (Phi) is 4.25. The Bertz CT molecular complexity index is 61.1. The van der Waals surface area contributed by atoms with Crippen LogP contribution < -0.4 is 5.14 Å². The molecule has 0 aliphatic carbocycles. The molecule has 1 unspecified atom stereocenters. The molecule has 0 spiro atoms. The van der Waals surface area contributed by atoms with E-state index in [4.69, 9.17) is 5.14 Å². The van der Waals surface area contributed by atoms with Crippen molar-refractivity contribution in [3.8, 4) is 0 Å². The predicted molar refractivity (Wildman–Crippen MR) is 36.1 cm³/mol. The van der Waals surface area contributed by atoms with E-state index in [1.54, 1.807) is 0 Å². The molecule has 2 heteroatoms. The van der Waals surface area contributed by atoms with Crippen LogP contribution in [0.5, 0.6) is 0 Å². The molecule has 0 amide bonds. The summed E-state index contributed by atoms with van der Waals surface area (Å²) in [5.41, 5.74) is 0. The molecular formula is C5H11NS. The van der Waals surface area contributed by atoms with Gasteiger partial charge in [0, 0.05) is 5.25 Å². The van der Waals surface area contributed by atoms with Crippen molar-refractivity contribution in [3.63, 3.8) is 0 Å². The third-order valence-corrected chi connectivity index (χ3v) is 1.26. The lowest BCUT2D eigenvalue weighted by Crippen LogP contribution is -1.93. The zero-order valence-electron chi connectivity index (χ0n) is 4.72. The molecule has 0 aromatic carbocycles. The Hall–Kier alpha value is 0.0500. The van der Waals surface area contributed by atoms with Gasteiger partial charge in [-0.25, -0.2) is 0 Å². The van der Waals surface area contributed by atoms with Crippen molar-refractivity contribution >= 4 is 11.9 Å². The summed E-state index contributed by atoms with van der Waals surface area (Å²) in [6.45, 7) is 4.05. The summed E-state index contributed by atoms with van der Waals surface area (Å²) in [7, 11) is 0. The highest BCUT2D eigenvalue weighted by molar-refractivity contribution is 7.97. The average Bonchev–Trinajstić information content (AvgIpc) is 1.68. The monoisotopic (exact) mass is 117 g/mol. The lowest BCUT2D eigenvalue weighted by atomic mass is 10.4. The van der Waals surface area contributed by atoms with E-state index >= 15 is 0 Å². The minimum absolute atomic E-state index is 0.463. The number of hydrogen-bond donors (Lipinski definition) is 1. The van der Waals surface area contributed by atoms with E-state index in [-0.39, 0.29) is 0 Å². The van der Waals surface area contributed by atoms with E-state index < -0.39 is 0 Å². The predicted octanol–water partition coefficient (Wildman–Crippen LogP) is 1.56. The maximum Gasteiger partial charge on any atom is 0.0342 e. The number of allylic oxidation sites excluding steroid dienone is 1. The van der Waals surface area contributed by atoms with Gasteiger partial charge in [-0.15, -0.1) is 0 Å². The largest absolute Gasteiger partial charge is 0.277 e. The molecule has 0 aromatic rings. The van der Waals surface area contributed by atoms with E-state index in [2.05, 4.69) is 13.0 Å². The first-order valence-corrected chi connectivity index (χ1v) is 3.24. The molecule has 0 rings (SSSR count). The summed E-state index contributed by atoms with van der Waals surface area (Å²) in [6, 6.07) is 0. The maximum atomic E-state index is 5.22. The normalized spacial score (nSPS) is 15.3. The highest BCUT2D eigenvalue weighted by atomic mass is 32.2. The number of hydrogen-bond acceptors (Lipinski definition) is 2. The molecular weight excluding hydrogens is 106 g/mol. The van der Waals surface area contributed by atoms with Gasteiger partial charge in [0.25, 0.3) is 0 Å². The van der Waals surface area contributed by atoms with Crippen LogP contribution in [0.2, 0.25) is 0 Å². The molecule has 0 radical (unpaired) electrons. The number of rotatable bonds is 2. The zero-order chi connectivity index (χ0) is 5.70. The standard InChI is InChI=1S/C5H11NS/c1-3-4-5(2)7-6/h3-5H,6H2,1-2H3/b4-3-. The molecule has 0 aromatic heterocycles. The third kappa shape index (κ3) is 3.89. The Morgan fingerprint density at radius 1 is 1.71 bits per heavy atom. The van der Waals surface area contributed by atoms with E-state index in [9.17, 15) is 0 Å². The second-order valence-corrected chi connectivity index (χ2v) is 2.38. The maximum absolute atomic E-state index is 5.22. The van der Waals surface area contributed by atoms with Gasteiger partial charge >= 0.3 is 0 Å². The molecule has 2 N–H and O–H groups in total. The van der Waals surface area contributed by atoms with Crippen LogP contribution in [0.3, 0.4) is 0 Å². The van der Waals surface area contributed by atoms with Gasteiger partial charge in [-0.05, 0) is 13.8 Å². The Morgan fingerprint density at radius 2 is 2.29 bits per heavy atom.